The Morgan fingerprint density at radius 1 is 1.12 bits per heavy atom. The number of benzene rings is 1. The maximum Gasteiger partial charge on any atom is 0.123 e. The number of rotatable bonds is 8. The van der Waals surface area contributed by atoms with Crippen molar-refractivity contribution in [1.29, 1.82) is 0 Å². The van der Waals surface area contributed by atoms with E-state index in [1.165, 1.54) is 31.2 Å². The molecule has 0 atom stereocenters. The lowest BCUT2D eigenvalue weighted by atomic mass is 10.1. The summed E-state index contributed by atoms with van der Waals surface area (Å²) in [6, 6.07) is 6.21. The Hall–Kier alpha value is -1.02. The maximum absolute atomic E-state index is 5.78. The summed E-state index contributed by atoms with van der Waals surface area (Å²) in [5.41, 5.74) is 8.06. The zero-order valence-corrected chi connectivity index (χ0v) is 11.2. The van der Waals surface area contributed by atoms with E-state index >= 15 is 0 Å². The third kappa shape index (κ3) is 5.22. The molecule has 1 aromatic rings. The fraction of sp³-hybridized carbons (Fsp3) is 0.600. The van der Waals surface area contributed by atoms with Crippen LogP contribution in [0.25, 0.3) is 0 Å². The van der Waals surface area contributed by atoms with E-state index in [-0.39, 0.29) is 0 Å². The van der Waals surface area contributed by atoms with Crippen molar-refractivity contribution in [2.45, 2.75) is 52.5 Å². The van der Waals surface area contributed by atoms with Crippen LogP contribution in [0.15, 0.2) is 18.2 Å². The molecule has 1 rings (SSSR count). The van der Waals surface area contributed by atoms with Gasteiger partial charge in [-0.3, -0.25) is 0 Å². The molecule has 0 heterocycles. The lowest BCUT2D eigenvalue weighted by Crippen LogP contribution is -2.04. The maximum atomic E-state index is 5.78. The molecule has 0 saturated heterocycles. The zero-order valence-electron chi connectivity index (χ0n) is 11.2. The predicted molar refractivity (Wildman–Crippen MR) is 73.3 cm³/mol. The average Bonchev–Trinajstić information content (AvgIpc) is 2.35. The van der Waals surface area contributed by atoms with Gasteiger partial charge in [0, 0.05) is 12.1 Å². The monoisotopic (exact) mass is 235 g/mol. The number of hydrogen-bond donors (Lipinski definition) is 1. The molecule has 0 aliphatic rings. The van der Waals surface area contributed by atoms with E-state index in [2.05, 4.69) is 26.0 Å². The molecule has 0 aliphatic carbocycles. The molecule has 0 aromatic heterocycles. The first-order valence-corrected chi connectivity index (χ1v) is 6.70. The van der Waals surface area contributed by atoms with E-state index in [1.807, 2.05) is 6.07 Å². The second kappa shape index (κ2) is 8.13. The van der Waals surface area contributed by atoms with E-state index in [0.29, 0.717) is 6.54 Å². The minimum absolute atomic E-state index is 0.548. The first-order chi connectivity index (χ1) is 8.27. The molecule has 96 valence electrons. The van der Waals surface area contributed by atoms with E-state index in [1.54, 1.807) is 0 Å². The summed E-state index contributed by atoms with van der Waals surface area (Å²) in [7, 11) is 0. The molecule has 0 unspecified atom stereocenters. The van der Waals surface area contributed by atoms with Crippen molar-refractivity contribution in [3.05, 3.63) is 29.3 Å². The van der Waals surface area contributed by atoms with Gasteiger partial charge in [0.2, 0.25) is 0 Å². The molecule has 17 heavy (non-hydrogen) atoms. The van der Waals surface area contributed by atoms with Crippen LogP contribution in [-0.2, 0) is 6.54 Å². The minimum atomic E-state index is 0.548. The van der Waals surface area contributed by atoms with Crippen molar-refractivity contribution >= 4 is 0 Å². The number of ether oxygens (including phenoxy) is 1. The fourth-order valence-corrected chi connectivity index (χ4v) is 1.90. The van der Waals surface area contributed by atoms with Crippen molar-refractivity contribution in [2.24, 2.45) is 5.73 Å². The van der Waals surface area contributed by atoms with Crippen LogP contribution in [0, 0.1) is 6.92 Å². The zero-order chi connectivity index (χ0) is 12.5. The van der Waals surface area contributed by atoms with Crippen LogP contribution < -0.4 is 10.5 Å². The van der Waals surface area contributed by atoms with Crippen LogP contribution in [-0.4, -0.2) is 6.61 Å². The lowest BCUT2D eigenvalue weighted by molar-refractivity contribution is 0.301. The van der Waals surface area contributed by atoms with Crippen LogP contribution in [0.4, 0.5) is 0 Å². The third-order valence-corrected chi connectivity index (χ3v) is 2.94. The van der Waals surface area contributed by atoms with E-state index in [4.69, 9.17) is 10.5 Å². The Labute approximate surface area is 105 Å². The molecule has 0 spiro atoms. The second-order valence-electron chi connectivity index (χ2n) is 4.58. The average molecular weight is 235 g/mol. The van der Waals surface area contributed by atoms with Gasteiger partial charge in [-0.2, -0.15) is 0 Å². The highest BCUT2D eigenvalue weighted by Crippen LogP contribution is 2.19. The van der Waals surface area contributed by atoms with Crippen LogP contribution in [0.1, 0.15) is 50.2 Å². The summed E-state index contributed by atoms with van der Waals surface area (Å²) in [5.74, 6) is 0.952. The highest BCUT2D eigenvalue weighted by Gasteiger charge is 2.02. The SMILES string of the molecule is CCCCCCCOc1ccc(C)cc1CN. The Bertz CT molecular complexity index is 323. The van der Waals surface area contributed by atoms with Gasteiger partial charge in [0.1, 0.15) is 5.75 Å². The number of aryl methyl sites for hydroxylation is 1. The van der Waals surface area contributed by atoms with Gasteiger partial charge in [-0.1, -0.05) is 50.3 Å². The molecule has 1 aromatic carbocycles. The Morgan fingerprint density at radius 3 is 2.59 bits per heavy atom. The number of hydrogen-bond acceptors (Lipinski definition) is 2. The van der Waals surface area contributed by atoms with Gasteiger partial charge in [0.25, 0.3) is 0 Å². The van der Waals surface area contributed by atoms with Gasteiger partial charge in [-0.25, -0.2) is 0 Å². The molecule has 0 saturated carbocycles. The van der Waals surface area contributed by atoms with Crippen molar-refractivity contribution in [1.82, 2.24) is 0 Å². The Kier molecular flexibility index (Phi) is 6.71. The van der Waals surface area contributed by atoms with Crippen LogP contribution in [0.2, 0.25) is 0 Å². The van der Waals surface area contributed by atoms with Gasteiger partial charge >= 0.3 is 0 Å². The normalized spacial score (nSPS) is 10.5. The quantitative estimate of drug-likeness (QED) is 0.695. The third-order valence-electron chi connectivity index (χ3n) is 2.94. The van der Waals surface area contributed by atoms with Crippen LogP contribution >= 0.6 is 0 Å². The molecule has 0 amide bonds. The minimum Gasteiger partial charge on any atom is -0.493 e. The van der Waals surface area contributed by atoms with E-state index in [0.717, 1.165) is 24.3 Å². The first kappa shape index (κ1) is 14.0. The summed E-state index contributed by atoms with van der Waals surface area (Å²) in [5, 5.41) is 0. The lowest BCUT2D eigenvalue weighted by Gasteiger charge is -2.11. The van der Waals surface area contributed by atoms with Crippen molar-refractivity contribution in [2.75, 3.05) is 6.61 Å². The highest BCUT2D eigenvalue weighted by molar-refractivity contribution is 5.36. The summed E-state index contributed by atoms with van der Waals surface area (Å²) < 4.78 is 5.78. The molecular weight excluding hydrogens is 210 g/mol. The topological polar surface area (TPSA) is 35.2 Å². The van der Waals surface area contributed by atoms with Gasteiger partial charge in [-0.05, 0) is 19.4 Å². The number of unbranched alkanes of at least 4 members (excludes halogenated alkanes) is 4. The predicted octanol–water partition coefficient (Wildman–Crippen LogP) is 3.80. The molecule has 2 nitrogen and oxygen atoms in total. The molecule has 0 fully saturated rings. The van der Waals surface area contributed by atoms with Crippen LogP contribution in [0.5, 0.6) is 5.75 Å². The van der Waals surface area contributed by atoms with Crippen LogP contribution in [0.3, 0.4) is 0 Å². The number of nitrogens with two attached hydrogens (primary N) is 1. The van der Waals surface area contributed by atoms with Crippen molar-refractivity contribution in [3.8, 4) is 5.75 Å². The second-order valence-corrected chi connectivity index (χ2v) is 4.58. The molecular formula is C15H25NO. The summed E-state index contributed by atoms with van der Waals surface area (Å²) in [6.45, 7) is 5.66. The highest BCUT2D eigenvalue weighted by atomic mass is 16.5. The Morgan fingerprint density at radius 2 is 1.88 bits per heavy atom. The molecule has 0 radical (unpaired) electrons. The van der Waals surface area contributed by atoms with Gasteiger partial charge < -0.3 is 10.5 Å². The van der Waals surface area contributed by atoms with E-state index < -0.39 is 0 Å². The standard InChI is InChI=1S/C15H25NO/c1-3-4-5-6-7-10-17-15-9-8-13(2)11-14(15)12-16/h8-9,11H,3-7,10,12,16H2,1-2H3. The smallest absolute Gasteiger partial charge is 0.123 e. The first-order valence-electron chi connectivity index (χ1n) is 6.70. The summed E-state index contributed by atoms with van der Waals surface area (Å²) in [6.07, 6.45) is 6.34. The summed E-state index contributed by atoms with van der Waals surface area (Å²) in [4.78, 5) is 0. The van der Waals surface area contributed by atoms with Crippen molar-refractivity contribution < 1.29 is 4.74 Å². The fourth-order valence-electron chi connectivity index (χ4n) is 1.90. The molecule has 0 aliphatic heterocycles. The largest absolute Gasteiger partial charge is 0.493 e. The molecule has 2 heteroatoms. The van der Waals surface area contributed by atoms with Gasteiger partial charge in [0.05, 0.1) is 6.61 Å². The Balaban J connectivity index is 2.31. The van der Waals surface area contributed by atoms with E-state index in [9.17, 15) is 0 Å². The summed E-state index contributed by atoms with van der Waals surface area (Å²) >= 11 is 0. The molecule has 2 N–H and O–H groups in total. The van der Waals surface area contributed by atoms with Gasteiger partial charge in [-0.15, -0.1) is 0 Å². The van der Waals surface area contributed by atoms with Gasteiger partial charge in [0.15, 0.2) is 0 Å². The van der Waals surface area contributed by atoms with Crippen molar-refractivity contribution in [3.63, 3.8) is 0 Å². The molecule has 0 bridgehead atoms.